The number of nitrogens with zero attached hydrogens (tertiary/aromatic N) is 1. The fourth-order valence-electron chi connectivity index (χ4n) is 4.28. The van der Waals surface area contributed by atoms with Crippen LogP contribution in [0.25, 0.3) is 16.5 Å². The Bertz CT molecular complexity index is 1440. The number of rotatable bonds is 11. The Balaban J connectivity index is 1.44. The molecule has 196 valence electrons. The van der Waals surface area contributed by atoms with Crippen LogP contribution in [0.1, 0.15) is 44.7 Å². The van der Waals surface area contributed by atoms with E-state index in [2.05, 4.69) is 64.6 Å². The first-order valence-electron chi connectivity index (χ1n) is 13.0. The summed E-state index contributed by atoms with van der Waals surface area (Å²) in [6, 6.07) is 26.1. The van der Waals surface area contributed by atoms with Gasteiger partial charge in [-0.25, -0.2) is 0 Å². The Kier molecular flexibility index (Phi) is 8.98. The van der Waals surface area contributed by atoms with Gasteiger partial charge in [-0.3, -0.25) is 9.59 Å². The number of hydrogen-bond donors (Lipinski definition) is 1. The maximum atomic E-state index is 13.2. The predicted molar refractivity (Wildman–Crippen MR) is 152 cm³/mol. The zero-order valence-corrected chi connectivity index (χ0v) is 22.2. The molecule has 1 N–H and O–H groups in total. The smallest absolute Gasteiger partial charge is 0.305 e. The van der Waals surface area contributed by atoms with Gasteiger partial charge in [-0.15, -0.1) is 0 Å². The van der Waals surface area contributed by atoms with Crippen LogP contribution in [0.3, 0.4) is 0 Å². The molecule has 0 saturated carbocycles. The van der Waals surface area contributed by atoms with Crippen LogP contribution in [0, 0.1) is 0 Å². The van der Waals surface area contributed by atoms with Crippen molar-refractivity contribution in [3.8, 4) is 5.75 Å². The summed E-state index contributed by atoms with van der Waals surface area (Å²) in [5.74, 6) is 0.142. The normalized spacial score (nSPS) is 11.7. The van der Waals surface area contributed by atoms with Crippen LogP contribution in [-0.4, -0.2) is 29.7 Å². The molecule has 4 rings (SSSR count). The lowest BCUT2D eigenvalue weighted by atomic mass is 10.0. The van der Waals surface area contributed by atoms with Gasteiger partial charge in [0.2, 0.25) is 0 Å². The van der Waals surface area contributed by atoms with Gasteiger partial charge < -0.3 is 19.4 Å². The summed E-state index contributed by atoms with van der Waals surface area (Å²) in [6.07, 6.45) is 2.93. The summed E-state index contributed by atoms with van der Waals surface area (Å²) in [7, 11) is 0. The van der Waals surface area contributed by atoms with Crippen molar-refractivity contribution in [2.45, 2.75) is 40.2 Å². The number of esters is 1. The molecule has 1 heterocycles. The quantitative estimate of drug-likeness (QED) is 0.136. The summed E-state index contributed by atoms with van der Waals surface area (Å²) >= 11 is 0. The molecule has 0 bridgehead atoms. The summed E-state index contributed by atoms with van der Waals surface area (Å²) in [6.45, 7) is 7.12. The van der Waals surface area contributed by atoms with Crippen LogP contribution < -0.4 is 10.1 Å². The minimum absolute atomic E-state index is 0.188. The Hall–Kier alpha value is -4.32. The molecule has 0 aliphatic carbocycles. The average Bonchev–Trinajstić information content (AvgIpc) is 3.33. The number of anilines is 1. The van der Waals surface area contributed by atoms with Crippen LogP contribution in [0.5, 0.6) is 5.75 Å². The minimum atomic E-state index is -0.236. The SMILES string of the molecule is CCOC(=O)CCCOc1ccccc1NC(=O)/C(C)=C(\C)c1ccc2c(ccn2Cc2ccccc2)c1. The van der Waals surface area contributed by atoms with Gasteiger partial charge in [-0.2, -0.15) is 0 Å². The summed E-state index contributed by atoms with van der Waals surface area (Å²) in [4.78, 5) is 24.7. The first kappa shape index (κ1) is 26.7. The van der Waals surface area contributed by atoms with E-state index in [1.807, 2.05) is 38.1 Å². The van der Waals surface area contributed by atoms with Crippen LogP contribution in [-0.2, 0) is 20.9 Å². The Labute approximate surface area is 223 Å². The first-order valence-corrected chi connectivity index (χ1v) is 13.0. The maximum absolute atomic E-state index is 13.2. The van der Waals surface area contributed by atoms with Crippen molar-refractivity contribution >= 4 is 34.0 Å². The van der Waals surface area contributed by atoms with Gasteiger partial charge in [0.1, 0.15) is 5.75 Å². The molecule has 4 aromatic rings. The van der Waals surface area contributed by atoms with E-state index in [0.29, 0.717) is 43.1 Å². The highest BCUT2D eigenvalue weighted by Crippen LogP contribution is 2.28. The molecule has 3 aromatic carbocycles. The summed E-state index contributed by atoms with van der Waals surface area (Å²) < 4.78 is 13.0. The van der Waals surface area contributed by atoms with Crippen LogP contribution in [0.2, 0.25) is 0 Å². The van der Waals surface area contributed by atoms with E-state index in [0.717, 1.165) is 28.6 Å². The summed E-state index contributed by atoms with van der Waals surface area (Å²) in [5.41, 5.74) is 5.54. The first-order chi connectivity index (χ1) is 18.5. The number of fused-ring (bicyclic) bond motifs is 1. The molecule has 1 aromatic heterocycles. The number of benzene rings is 3. The van der Waals surface area contributed by atoms with Crippen LogP contribution in [0.15, 0.2) is 90.6 Å². The van der Waals surface area contributed by atoms with Crippen molar-refractivity contribution in [2.24, 2.45) is 0 Å². The maximum Gasteiger partial charge on any atom is 0.305 e. The second-order valence-electron chi connectivity index (χ2n) is 9.16. The fourth-order valence-corrected chi connectivity index (χ4v) is 4.28. The van der Waals surface area contributed by atoms with Crippen molar-refractivity contribution in [3.63, 3.8) is 0 Å². The molecule has 6 nitrogen and oxygen atoms in total. The Morgan fingerprint density at radius 1 is 0.921 bits per heavy atom. The number of aromatic nitrogens is 1. The molecule has 0 radical (unpaired) electrons. The molecule has 0 spiro atoms. The number of amides is 1. The Morgan fingerprint density at radius 3 is 2.47 bits per heavy atom. The molecule has 6 heteroatoms. The largest absolute Gasteiger partial charge is 0.491 e. The molecule has 0 atom stereocenters. The number of hydrogen-bond acceptors (Lipinski definition) is 4. The Morgan fingerprint density at radius 2 is 1.68 bits per heavy atom. The van der Waals surface area contributed by atoms with Gasteiger partial charge in [0.25, 0.3) is 5.91 Å². The van der Waals surface area contributed by atoms with Crippen molar-refractivity contribution in [1.82, 2.24) is 4.57 Å². The third-order valence-corrected chi connectivity index (χ3v) is 6.53. The molecule has 0 saturated heterocycles. The van der Waals surface area contributed by atoms with E-state index >= 15 is 0 Å². The number of nitrogens with one attached hydrogen (secondary N) is 1. The lowest BCUT2D eigenvalue weighted by Gasteiger charge is -2.14. The number of para-hydroxylation sites is 2. The van der Waals surface area contributed by atoms with Gasteiger partial charge in [0.15, 0.2) is 0 Å². The fraction of sp³-hybridized carbons (Fsp3) is 0.250. The van der Waals surface area contributed by atoms with Crippen molar-refractivity contribution in [3.05, 3.63) is 102 Å². The highest BCUT2D eigenvalue weighted by molar-refractivity contribution is 6.09. The van der Waals surface area contributed by atoms with Gasteiger partial charge in [-0.05, 0) is 74.2 Å². The van der Waals surface area contributed by atoms with Crippen molar-refractivity contribution in [1.29, 1.82) is 0 Å². The van der Waals surface area contributed by atoms with E-state index in [1.165, 1.54) is 5.56 Å². The number of carbonyl (C=O) groups excluding carboxylic acids is 2. The highest BCUT2D eigenvalue weighted by atomic mass is 16.5. The van der Waals surface area contributed by atoms with Crippen molar-refractivity contribution < 1.29 is 19.1 Å². The minimum Gasteiger partial charge on any atom is -0.491 e. The highest BCUT2D eigenvalue weighted by Gasteiger charge is 2.14. The lowest BCUT2D eigenvalue weighted by Crippen LogP contribution is -2.15. The zero-order chi connectivity index (χ0) is 26.9. The van der Waals surface area contributed by atoms with Gasteiger partial charge in [-0.1, -0.05) is 48.5 Å². The molecular formula is C32H34N2O4. The average molecular weight is 511 g/mol. The van der Waals surface area contributed by atoms with E-state index in [4.69, 9.17) is 9.47 Å². The third kappa shape index (κ3) is 6.71. The predicted octanol–water partition coefficient (Wildman–Crippen LogP) is 6.84. The molecular weight excluding hydrogens is 476 g/mol. The monoisotopic (exact) mass is 510 g/mol. The lowest BCUT2D eigenvalue weighted by molar-refractivity contribution is -0.143. The number of allylic oxidation sites excluding steroid dienone is 1. The van der Waals surface area contributed by atoms with Gasteiger partial charge >= 0.3 is 5.97 Å². The second-order valence-corrected chi connectivity index (χ2v) is 9.16. The zero-order valence-electron chi connectivity index (χ0n) is 22.2. The standard InChI is InChI=1S/C32H34N2O4/c1-4-37-31(35)15-10-20-38-30-14-9-8-13-28(30)33-32(36)24(3)23(2)26-16-17-29-27(21-26)18-19-34(29)22-25-11-6-5-7-12-25/h5-9,11-14,16-19,21H,4,10,15,20,22H2,1-3H3,(H,33,36)/b24-23+. The van der Waals surface area contributed by atoms with E-state index in [1.54, 1.807) is 13.0 Å². The molecule has 0 aliphatic heterocycles. The molecule has 0 aliphatic rings. The number of carbonyl (C=O) groups is 2. The topological polar surface area (TPSA) is 69.6 Å². The van der Waals surface area contributed by atoms with Gasteiger partial charge in [0, 0.05) is 35.6 Å². The van der Waals surface area contributed by atoms with Crippen LogP contribution in [0.4, 0.5) is 5.69 Å². The van der Waals surface area contributed by atoms with E-state index < -0.39 is 0 Å². The number of ether oxygens (including phenoxy) is 2. The second kappa shape index (κ2) is 12.8. The molecule has 0 unspecified atom stereocenters. The summed E-state index contributed by atoms with van der Waals surface area (Å²) in [5, 5.41) is 4.11. The third-order valence-electron chi connectivity index (χ3n) is 6.53. The van der Waals surface area contributed by atoms with E-state index in [9.17, 15) is 9.59 Å². The van der Waals surface area contributed by atoms with Crippen LogP contribution >= 0.6 is 0 Å². The van der Waals surface area contributed by atoms with Crippen molar-refractivity contribution in [2.75, 3.05) is 18.5 Å². The molecule has 0 fully saturated rings. The van der Waals surface area contributed by atoms with Gasteiger partial charge in [0.05, 0.1) is 18.9 Å². The molecule has 38 heavy (non-hydrogen) atoms. The van der Waals surface area contributed by atoms with E-state index in [-0.39, 0.29) is 11.9 Å². The molecule has 1 amide bonds.